The van der Waals surface area contributed by atoms with Gasteiger partial charge in [-0.2, -0.15) is 5.10 Å². The van der Waals surface area contributed by atoms with Gasteiger partial charge in [-0.05, 0) is 68.7 Å². The van der Waals surface area contributed by atoms with Gasteiger partial charge in [0.1, 0.15) is 11.4 Å². The molecule has 1 aliphatic heterocycles. The molecule has 0 spiro atoms. The monoisotopic (exact) mass is 445 g/mol. The molecular formula is C27H31N3O3. The highest BCUT2D eigenvalue weighted by molar-refractivity contribution is 5.90. The minimum Gasteiger partial charge on any atom is -0.512 e. The Labute approximate surface area is 194 Å². The molecule has 0 amide bonds. The van der Waals surface area contributed by atoms with Crippen molar-refractivity contribution in [2.75, 3.05) is 0 Å². The first-order valence-corrected chi connectivity index (χ1v) is 11.9. The van der Waals surface area contributed by atoms with Gasteiger partial charge in [0.25, 0.3) is 0 Å². The van der Waals surface area contributed by atoms with Crippen LogP contribution in [0.1, 0.15) is 61.2 Å². The van der Waals surface area contributed by atoms with Crippen molar-refractivity contribution in [2.45, 2.75) is 70.8 Å². The summed E-state index contributed by atoms with van der Waals surface area (Å²) < 4.78 is 8.01. The van der Waals surface area contributed by atoms with Crippen molar-refractivity contribution in [2.24, 2.45) is 5.92 Å². The fraction of sp³-hybridized carbons (Fsp3) is 0.444. The maximum absolute atomic E-state index is 13.2. The lowest BCUT2D eigenvalue weighted by molar-refractivity contribution is -0.167. The Bertz CT molecular complexity index is 1210. The lowest BCUT2D eigenvalue weighted by atomic mass is 9.76. The average Bonchev–Trinajstić information content (AvgIpc) is 3.46. The molecule has 0 saturated heterocycles. The standard InChI is InChI=1S/C27H31N3O3/c1-18-14-19(2)30-25(15-18)28-24(29-30)16-22-23(31)17-27(33-26(22)32,21-10-6-7-11-21)13-12-20-8-4-3-5-9-20/h3-5,8-9,14-15,21,31H,6-7,10-13,16-17H2,1-2H3. The number of ether oxygens (including phenoxy) is 1. The fourth-order valence-electron chi connectivity index (χ4n) is 5.58. The third-order valence-electron chi connectivity index (χ3n) is 7.27. The van der Waals surface area contributed by atoms with Gasteiger partial charge < -0.3 is 9.84 Å². The van der Waals surface area contributed by atoms with Crippen molar-refractivity contribution in [3.63, 3.8) is 0 Å². The zero-order chi connectivity index (χ0) is 23.0. The SMILES string of the molecule is Cc1cc(C)n2nc(CC3=C(O)CC(CCc4ccccc4)(C4CCCC4)OC3=O)nc2c1. The Hall–Kier alpha value is -3.15. The molecule has 1 N–H and O–H groups in total. The molecular weight excluding hydrogens is 414 g/mol. The first-order chi connectivity index (χ1) is 15.9. The number of aromatic nitrogens is 3. The second kappa shape index (κ2) is 8.65. The summed E-state index contributed by atoms with van der Waals surface area (Å²) in [5.41, 5.74) is 3.70. The Morgan fingerprint density at radius 2 is 1.91 bits per heavy atom. The number of hydrogen-bond acceptors (Lipinski definition) is 5. The van der Waals surface area contributed by atoms with Crippen LogP contribution in [0.5, 0.6) is 0 Å². The summed E-state index contributed by atoms with van der Waals surface area (Å²) in [4.78, 5) is 17.8. The summed E-state index contributed by atoms with van der Waals surface area (Å²) in [6.45, 7) is 4.00. The summed E-state index contributed by atoms with van der Waals surface area (Å²) in [6, 6.07) is 14.3. The van der Waals surface area contributed by atoms with Crippen LogP contribution in [-0.2, 0) is 22.4 Å². The van der Waals surface area contributed by atoms with Gasteiger partial charge in [-0.15, -0.1) is 0 Å². The number of rotatable bonds is 6. The number of aliphatic hydroxyl groups is 1. The second-order valence-corrected chi connectivity index (χ2v) is 9.67. The molecule has 6 heteroatoms. The summed E-state index contributed by atoms with van der Waals surface area (Å²) in [7, 11) is 0. The highest BCUT2D eigenvalue weighted by atomic mass is 16.6. The van der Waals surface area contributed by atoms with Gasteiger partial charge in [0.2, 0.25) is 0 Å². The molecule has 1 aromatic carbocycles. The lowest BCUT2D eigenvalue weighted by Crippen LogP contribution is -2.46. The van der Waals surface area contributed by atoms with E-state index in [1.54, 1.807) is 4.52 Å². The molecule has 1 fully saturated rings. The number of esters is 1. The molecule has 1 atom stereocenters. The van der Waals surface area contributed by atoms with Crippen LogP contribution in [0.4, 0.5) is 0 Å². The zero-order valence-electron chi connectivity index (χ0n) is 19.4. The molecule has 1 saturated carbocycles. The van der Waals surface area contributed by atoms with Crippen LogP contribution in [0.3, 0.4) is 0 Å². The molecule has 3 aromatic rings. The third kappa shape index (κ3) is 4.26. The topological polar surface area (TPSA) is 76.7 Å². The molecule has 3 heterocycles. The number of carbonyl (C=O) groups excluding carboxylic acids is 1. The minimum absolute atomic E-state index is 0.137. The molecule has 1 aliphatic carbocycles. The van der Waals surface area contributed by atoms with Crippen LogP contribution in [-0.4, -0.2) is 31.3 Å². The van der Waals surface area contributed by atoms with Gasteiger partial charge in [0.05, 0.1) is 5.57 Å². The van der Waals surface area contributed by atoms with Crippen LogP contribution in [0, 0.1) is 19.8 Å². The second-order valence-electron chi connectivity index (χ2n) is 9.67. The molecule has 2 aromatic heterocycles. The highest BCUT2D eigenvalue weighted by Gasteiger charge is 2.48. The maximum Gasteiger partial charge on any atom is 0.338 e. The maximum atomic E-state index is 13.2. The number of aliphatic hydroxyl groups excluding tert-OH is 1. The van der Waals surface area contributed by atoms with Crippen molar-refractivity contribution in [3.05, 3.63) is 76.4 Å². The molecule has 0 radical (unpaired) electrons. The number of benzene rings is 1. The van der Waals surface area contributed by atoms with Crippen LogP contribution in [0.2, 0.25) is 0 Å². The molecule has 172 valence electrons. The Morgan fingerprint density at radius 1 is 1.15 bits per heavy atom. The van der Waals surface area contributed by atoms with Gasteiger partial charge in [-0.3, -0.25) is 0 Å². The fourth-order valence-corrected chi connectivity index (χ4v) is 5.58. The van der Waals surface area contributed by atoms with Crippen LogP contribution in [0.15, 0.2) is 53.8 Å². The molecule has 6 nitrogen and oxygen atoms in total. The average molecular weight is 446 g/mol. The van der Waals surface area contributed by atoms with Crippen LogP contribution >= 0.6 is 0 Å². The van der Waals surface area contributed by atoms with Crippen molar-refractivity contribution < 1.29 is 14.6 Å². The van der Waals surface area contributed by atoms with E-state index in [0.717, 1.165) is 55.4 Å². The third-order valence-corrected chi connectivity index (χ3v) is 7.27. The summed E-state index contributed by atoms with van der Waals surface area (Å²) in [6.07, 6.45) is 6.46. The van der Waals surface area contributed by atoms with Crippen molar-refractivity contribution in [3.8, 4) is 0 Å². The van der Waals surface area contributed by atoms with Crippen LogP contribution in [0.25, 0.3) is 5.65 Å². The number of fused-ring (bicyclic) bond motifs is 1. The van der Waals surface area contributed by atoms with Gasteiger partial charge in [-0.25, -0.2) is 14.3 Å². The normalized spacial score (nSPS) is 21.7. The number of nitrogens with zero attached hydrogens (tertiary/aromatic N) is 3. The van der Waals surface area contributed by atoms with E-state index in [0.29, 0.717) is 12.2 Å². The Kier molecular flexibility index (Phi) is 5.69. The van der Waals surface area contributed by atoms with E-state index < -0.39 is 11.6 Å². The van der Waals surface area contributed by atoms with Crippen molar-refractivity contribution in [1.29, 1.82) is 0 Å². The lowest BCUT2D eigenvalue weighted by Gasteiger charge is -2.41. The molecule has 2 aliphatic rings. The predicted octanol–water partition coefficient (Wildman–Crippen LogP) is 5.21. The van der Waals surface area contributed by atoms with E-state index in [1.807, 2.05) is 44.2 Å². The molecule has 0 bridgehead atoms. The molecule has 5 rings (SSSR count). The number of pyridine rings is 1. The summed E-state index contributed by atoms with van der Waals surface area (Å²) >= 11 is 0. The van der Waals surface area contributed by atoms with Gasteiger partial charge in [-0.1, -0.05) is 43.2 Å². The van der Waals surface area contributed by atoms with E-state index in [9.17, 15) is 9.90 Å². The largest absolute Gasteiger partial charge is 0.512 e. The van der Waals surface area contributed by atoms with E-state index in [4.69, 9.17) is 4.74 Å². The number of carbonyl (C=O) groups is 1. The first kappa shape index (κ1) is 21.7. The smallest absolute Gasteiger partial charge is 0.338 e. The Morgan fingerprint density at radius 3 is 2.64 bits per heavy atom. The number of hydrogen-bond donors (Lipinski definition) is 1. The van der Waals surface area contributed by atoms with E-state index in [1.165, 1.54) is 5.56 Å². The number of cyclic esters (lactones) is 1. The van der Waals surface area contributed by atoms with E-state index in [-0.39, 0.29) is 23.7 Å². The molecule has 33 heavy (non-hydrogen) atoms. The van der Waals surface area contributed by atoms with Crippen molar-refractivity contribution >= 4 is 11.6 Å². The van der Waals surface area contributed by atoms with E-state index in [2.05, 4.69) is 22.2 Å². The highest BCUT2D eigenvalue weighted by Crippen LogP contribution is 2.46. The van der Waals surface area contributed by atoms with Gasteiger partial charge >= 0.3 is 5.97 Å². The molecule has 1 unspecified atom stereocenters. The zero-order valence-corrected chi connectivity index (χ0v) is 19.4. The summed E-state index contributed by atoms with van der Waals surface area (Å²) in [5, 5.41) is 15.6. The minimum atomic E-state index is -0.642. The quantitative estimate of drug-likeness (QED) is 0.527. The van der Waals surface area contributed by atoms with Gasteiger partial charge in [0.15, 0.2) is 11.5 Å². The predicted molar refractivity (Wildman–Crippen MR) is 126 cm³/mol. The first-order valence-electron chi connectivity index (χ1n) is 11.9. The van der Waals surface area contributed by atoms with Gasteiger partial charge in [0, 0.05) is 18.5 Å². The van der Waals surface area contributed by atoms with E-state index >= 15 is 0 Å². The van der Waals surface area contributed by atoms with Crippen molar-refractivity contribution in [1.82, 2.24) is 14.6 Å². The van der Waals surface area contributed by atoms with Crippen LogP contribution < -0.4 is 0 Å². The Balaban J connectivity index is 1.41. The number of aryl methyl sites for hydroxylation is 3. The summed E-state index contributed by atoms with van der Waals surface area (Å²) in [5.74, 6) is 0.510.